The molecule has 3 aromatic rings. The van der Waals surface area contributed by atoms with Crippen LogP contribution in [0.4, 0.5) is 14.5 Å². The van der Waals surface area contributed by atoms with Crippen molar-refractivity contribution < 1.29 is 8.78 Å². The summed E-state index contributed by atoms with van der Waals surface area (Å²) >= 11 is 0. The van der Waals surface area contributed by atoms with E-state index in [0.717, 1.165) is 18.5 Å². The van der Waals surface area contributed by atoms with Crippen molar-refractivity contribution in [3.05, 3.63) is 102 Å². The van der Waals surface area contributed by atoms with E-state index in [1.54, 1.807) is 12.1 Å². The van der Waals surface area contributed by atoms with E-state index in [-0.39, 0.29) is 11.4 Å². The first-order valence-electron chi connectivity index (χ1n) is 9.40. The predicted octanol–water partition coefficient (Wildman–Crippen LogP) is 5.60. The molecule has 0 aromatic heterocycles. The molecule has 0 radical (unpaired) electrons. The molecule has 1 nitrogen and oxygen atoms in total. The van der Waals surface area contributed by atoms with Crippen molar-refractivity contribution in [2.45, 2.75) is 31.0 Å². The van der Waals surface area contributed by atoms with E-state index in [0.29, 0.717) is 13.0 Å². The van der Waals surface area contributed by atoms with Crippen LogP contribution in [-0.4, -0.2) is 18.3 Å². The average molecular weight is 363 g/mol. The van der Waals surface area contributed by atoms with Crippen LogP contribution in [0.1, 0.15) is 17.5 Å². The molecule has 27 heavy (non-hydrogen) atoms. The number of alkyl halides is 1. The lowest BCUT2D eigenvalue weighted by Crippen LogP contribution is -2.48. The maximum atomic E-state index is 14.7. The molecule has 0 N–H and O–H groups in total. The Hall–Kier alpha value is -2.68. The van der Waals surface area contributed by atoms with Gasteiger partial charge in [-0.25, -0.2) is 8.78 Å². The van der Waals surface area contributed by atoms with Crippen LogP contribution in [0.2, 0.25) is 0 Å². The highest BCUT2D eigenvalue weighted by Gasteiger charge is 2.46. The monoisotopic (exact) mass is 363 g/mol. The van der Waals surface area contributed by atoms with E-state index >= 15 is 0 Å². The van der Waals surface area contributed by atoms with Gasteiger partial charge in [-0.3, -0.25) is 0 Å². The van der Waals surface area contributed by atoms with Gasteiger partial charge in [0.25, 0.3) is 0 Å². The molecule has 1 unspecified atom stereocenters. The summed E-state index contributed by atoms with van der Waals surface area (Å²) in [5.74, 6) is -0.272. The number of benzene rings is 3. The summed E-state index contributed by atoms with van der Waals surface area (Å²) in [6, 6.07) is 26.9. The van der Waals surface area contributed by atoms with Gasteiger partial charge in [-0.1, -0.05) is 60.7 Å². The Morgan fingerprint density at radius 2 is 1.30 bits per heavy atom. The van der Waals surface area contributed by atoms with Gasteiger partial charge in [0.2, 0.25) is 0 Å². The second kappa shape index (κ2) is 7.51. The minimum Gasteiger partial charge on any atom is -0.362 e. The molecule has 1 aliphatic rings. The number of hydrogen-bond donors (Lipinski definition) is 0. The van der Waals surface area contributed by atoms with E-state index < -0.39 is 6.17 Å². The third kappa shape index (κ3) is 3.87. The molecule has 0 spiro atoms. The first-order valence-corrected chi connectivity index (χ1v) is 9.40. The van der Waals surface area contributed by atoms with E-state index in [1.807, 2.05) is 36.4 Å². The van der Waals surface area contributed by atoms with Gasteiger partial charge in [-0.05, 0) is 48.2 Å². The number of anilines is 1. The van der Waals surface area contributed by atoms with Crippen LogP contribution < -0.4 is 4.90 Å². The lowest BCUT2D eigenvalue weighted by molar-refractivity contribution is 0.320. The summed E-state index contributed by atoms with van der Waals surface area (Å²) in [5.41, 5.74) is 2.88. The lowest BCUT2D eigenvalue weighted by atomic mass is 9.82. The zero-order valence-corrected chi connectivity index (χ0v) is 15.2. The Morgan fingerprint density at radius 1 is 0.778 bits per heavy atom. The highest BCUT2D eigenvalue weighted by Crippen LogP contribution is 2.40. The van der Waals surface area contributed by atoms with Crippen LogP contribution >= 0.6 is 0 Å². The summed E-state index contributed by atoms with van der Waals surface area (Å²) in [6.07, 6.45) is 1.07. The number of nitrogens with zero attached hydrogens (tertiary/aromatic N) is 1. The maximum absolute atomic E-state index is 14.7. The van der Waals surface area contributed by atoms with Gasteiger partial charge < -0.3 is 4.90 Å². The fraction of sp³-hybridized carbons (Fsp3) is 0.250. The van der Waals surface area contributed by atoms with Gasteiger partial charge in [0.05, 0.1) is 5.54 Å². The second-order valence-corrected chi connectivity index (χ2v) is 7.44. The first-order chi connectivity index (χ1) is 13.1. The van der Waals surface area contributed by atoms with Crippen molar-refractivity contribution in [1.82, 2.24) is 0 Å². The second-order valence-electron chi connectivity index (χ2n) is 7.44. The molecule has 1 heterocycles. The molecule has 4 rings (SSSR count). The normalized spacial score (nSPS) is 18.6. The van der Waals surface area contributed by atoms with Gasteiger partial charge >= 0.3 is 0 Å². The third-order valence-electron chi connectivity index (χ3n) is 5.45. The largest absolute Gasteiger partial charge is 0.362 e. The quantitative estimate of drug-likeness (QED) is 0.570. The van der Waals surface area contributed by atoms with Crippen LogP contribution in [-0.2, 0) is 12.8 Å². The van der Waals surface area contributed by atoms with Gasteiger partial charge in [-0.15, -0.1) is 0 Å². The maximum Gasteiger partial charge on any atom is 0.123 e. The summed E-state index contributed by atoms with van der Waals surface area (Å²) in [6.45, 7) is 0.339. The molecule has 0 amide bonds. The molecular formula is C24H23F2N. The van der Waals surface area contributed by atoms with E-state index in [2.05, 4.69) is 29.2 Å². The SMILES string of the molecule is Fc1ccc(N2CC(F)CC2(Cc2ccccc2)Cc2ccccc2)cc1. The van der Waals surface area contributed by atoms with Crippen molar-refractivity contribution in [3.8, 4) is 0 Å². The molecule has 0 bridgehead atoms. The van der Waals surface area contributed by atoms with Crippen LogP contribution in [0.25, 0.3) is 0 Å². The molecule has 0 saturated carbocycles. The predicted molar refractivity (Wildman–Crippen MR) is 106 cm³/mol. The zero-order chi connectivity index (χ0) is 18.7. The summed E-state index contributed by atoms with van der Waals surface area (Å²) in [4.78, 5) is 2.15. The van der Waals surface area contributed by atoms with Gasteiger partial charge in [0.1, 0.15) is 12.0 Å². The summed E-state index contributed by atoms with van der Waals surface area (Å²) in [5, 5.41) is 0. The number of hydrogen-bond acceptors (Lipinski definition) is 1. The van der Waals surface area contributed by atoms with Crippen molar-refractivity contribution >= 4 is 5.69 Å². The molecule has 3 aromatic carbocycles. The molecule has 1 fully saturated rings. The van der Waals surface area contributed by atoms with Crippen molar-refractivity contribution in [1.29, 1.82) is 0 Å². The summed E-state index contributed by atoms with van der Waals surface area (Å²) in [7, 11) is 0. The standard InChI is InChI=1S/C24H23F2N/c25-21-11-13-23(14-12-21)27-18-22(26)17-24(27,15-19-7-3-1-4-8-19)16-20-9-5-2-6-10-20/h1-14,22H,15-18H2. The lowest BCUT2D eigenvalue weighted by Gasteiger charge is -2.40. The molecule has 3 heteroatoms. The van der Waals surface area contributed by atoms with Crippen LogP contribution in [0.3, 0.4) is 0 Å². The summed E-state index contributed by atoms with van der Waals surface area (Å²) < 4.78 is 28.2. The minimum absolute atomic E-state index is 0.272. The highest BCUT2D eigenvalue weighted by molar-refractivity contribution is 5.52. The van der Waals surface area contributed by atoms with Gasteiger partial charge in [-0.2, -0.15) is 0 Å². The highest BCUT2D eigenvalue weighted by atomic mass is 19.1. The smallest absolute Gasteiger partial charge is 0.123 e. The Bertz CT molecular complexity index is 820. The van der Waals surface area contributed by atoms with E-state index in [4.69, 9.17) is 0 Å². The Labute approximate surface area is 159 Å². The fourth-order valence-electron chi connectivity index (χ4n) is 4.33. The van der Waals surface area contributed by atoms with Crippen LogP contribution in [0.15, 0.2) is 84.9 Å². The number of halogens is 2. The van der Waals surface area contributed by atoms with E-state index in [9.17, 15) is 8.78 Å². The van der Waals surface area contributed by atoms with Crippen LogP contribution in [0, 0.1) is 5.82 Å². The Balaban J connectivity index is 1.75. The zero-order valence-electron chi connectivity index (χ0n) is 15.2. The Morgan fingerprint density at radius 3 is 1.81 bits per heavy atom. The molecule has 0 aliphatic carbocycles. The van der Waals surface area contributed by atoms with Gasteiger partial charge in [0, 0.05) is 18.7 Å². The van der Waals surface area contributed by atoms with Crippen LogP contribution in [0.5, 0.6) is 0 Å². The average Bonchev–Trinajstić information content (AvgIpc) is 2.99. The number of rotatable bonds is 5. The molecular weight excluding hydrogens is 340 g/mol. The third-order valence-corrected chi connectivity index (χ3v) is 5.45. The molecule has 1 aliphatic heterocycles. The van der Waals surface area contributed by atoms with E-state index in [1.165, 1.54) is 23.3 Å². The Kier molecular flexibility index (Phi) is 4.93. The fourth-order valence-corrected chi connectivity index (χ4v) is 4.33. The molecule has 1 atom stereocenters. The first kappa shape index (κ1) is 17.7. The topological polar surface area (TPSA) is 3.24 Å². The van der Waals surface area contributed by atoms with Crippen molar-refractivity contribution in [2.24, 2.45) is 0 Å². The minimum atomic E-state index is -0.900. The van der Waals surface area contributed by atoms with Crippen molar-refractivity contribution in [2.75, 3.05) is 11.4 Å². The van der Waals surface area contributed by atoms with Crippen molar-refractivity contribution in [3.63, 3.8) is 0 Å². The molecule has 1 saturated heterocycles. The van der Waals surface area contributed by atoms with Gasteiger partial charge in [0.15, 0.2) is 0 Å². The molecule has 138 valence electrons.